The lowest BCUT2D eigenvalue weighted by molar-refractivity contribution is -0.137. The van der Waals surface area contributed by atoms with Gasteiger partial charge in [0.2, 0.25) is 10.0 Å². The first kappa shape index (κ1) is 14.3. The van der Waals surface area contributed by atoms with Gasteiger partial charge in [0.05, 0.1) is 23.7 Å². The summed E-state index contributed by atoms with van der Waals surface area (Å²) in [6.45, 7) is 1.01. The summed E-state index contributed by atoms with van der Waals surface area (Å²) in [7, 11) is -3.74. The summed E-state index contributed by atoms with van der Waals surface area (Å²) in [6.07, 6.45) is -4.47. The van der Waals surface area contributed by atoms with Gasteiger partial charge in [-0.1, -0.05) is 0 Å². The molecule has 0 aliphatic carbocycles. The van der Waals surface area contributed by atoms with Gasteiger partial charge in [-0.05, 0) is 24.3 Å². The smallest absolute Gasteiger partial charge is 0.379 e. The van der Waals surface area contributed by atoms with Gasteiger partial charge >= 0.3 is 6.18 Å². The second-order valence-corrected chi connectivity index (χ2v) is 5.98. The van der Waals surface area contributed by atoms with Crippen LogP contribution in [0.2, 0.25) is 0 Å². The summed E-state index contributed by atoms with van der Waals surface area (Å²) in [4.78, 5) is -0.137. The predicted molar refractivity (Wildman–Crippen MR) is 61.0 cm³/mol. The number of ether oxygens (including phenoxy) is 1. The molecule has 4 nitrogen and oxygen atoms in total. The maximum atomic E-state index is 12.4. The van der Waals surface area contributed by atoms with Crippen molar-refractivity contribution in [3.63, 3.8) is 0 Å². The van der Waals surface area contributed by atoms with E-state index < -0.39 is 21.8 Å². The molecule has 1 aliphatic rings. The van der Waals surface area contributed by atoms with Gasteiger partial charge in [-0.3, -0.25) is 0 Å². The fourth-order valence-corrected chi connectivity index (χ4v) is 3.16. The molecule has 1 heterocycles. The molecule has 0 unspecified atom stereocenters. The van der Waals surface area contributed by atoms with Gasteiger partial charge in [-0.25, -0.2) is 8.42 Å². The third-order valence-electron chi connectivity index (χ3n) is 2.79. The Bertz CT molecular complexity index is 533. The molecule has 0 saturated carbocycles. The highest BCUT2D eigenvalue weighted by atomic mass is 32.2. The van der Waals surface area contributed by atoms with Crippen LogP contribution in [0.5, 0.6) is 0 Å². The minimum Gasteiger partial charge on any atom is -0.379 e. The molecular weight excluding hydrogens is 283 g/mol. The van der Waals surface area contributed by atoms with Gasteiger partial charge in [-0.15, -0.1) is 0 Å². The summed E-state index contributed by atoms with van der Waals surface area (Å²) >= 11 is 0. The van der Waals surface area contributed by atoms with Crippen LogP contribution in [-0.4, -0.2) is 39.0 Å². The van der Waals surface area contributed by atoms with Gasteiger partial charge in [0.25, 0.3) is 0 Å². The quantitative estimate of drug-likeness (QED) is 0.834. The van der Waals surface area contributed by atoms with Gasteiger partial charge in [0.15, 0.2) is 0 Å². The minimum atomic E-state index is -4.47. The van der Waals surface area contributed by atoms with Crippen LogP contribution in [-0.2, 0) is 20.9 Å². The van der Waals surface area contributed by atoms with Gasteiger partial charge in [-0.2, -0.15) is 17.5 Å². The Kier molecular flexibility index (Phi) is 3.84. The van der Waals surface area contributed by atoms with Crippen LogP contribution in [0, 0.1) is 0 Å². The average molecular weight is 295 g/mol. The highest BCUT2D eigenvalue weighted by molar-refractivity contribution is 7.89. The van der Waals surface area contributed by atoms with Crippen molar-refractivity contribution < 1.29 is 26.3 Å². The molecule has 1 aromatic carbocycles. The maximum Gasteiger partial charge on any atom is 0.416 e. The van der Waals surface area contributed by atoms with Crippen molar-refractivity contribution in [3.8, 4) is 0 Å². The van der Waals surface area contributed by atoms with Crippen LogP contribution in [0.3, 0.4) is 0 Å². The van der Waals surface area contributed by atoms with Crippen LogP contribution >= 0.6 is 0 Å². The zero-order valence-corrected chi connectivity index (χ0v) is 10.7. The molecule has 106 valence electrons. The summed E-state index contributed by atoms with van der Waals surface area (Å²) < 4.78 is 67.7. The predicted octanol–water partition coefficient (Wildman–Crippen LogP) is 1.73. The number of rotatable bonds is 2. The second-order valence-electron chi connectivity index (χ2n) is 4.04. The lowest BCUT2D eigenvalue weighted by atomic mass is 10.2. The second kappa shape index (κ2) is 5.10. The Morgan fingerprint density at radius 2 is 1.58 bits per heavy atom. The summed E-state index contributed by atoms with van der Waals surface area (Å²) in [6, 6.07) is 3.50. The summed E-state index contributed by atoms with van der Waals surface area (Å²) in [5.41, 5.74) is -0.867. The number of benzene rings is 1. The molecule has 19 heavy (non-hydrogen) atoms. The van der Waals surface area contributed by atoms with E-state index in [-0.39, 0.29) is 18.0 Å². The van der Waals surface area contributed by atoms with E-state index in [4.69, 9.17) is 4.74 Å². The van der Waals surface area contributed by atoms with Crippen LogP contribution in [0.4, 0.5) is 13.2 Å². The van der Waals surface area contributed by atoms with E-state index >= 15 is 0 Å². The van der Waals surface area contributed by atoms with Crippen LogP contribution in [0.15, 0.2) is 29.2 Å². The Balaban J connectivity index is 2.26. The minimum absolute atomic E-state index is 0.137. The van der Waals surface area contributed by atoms with Crippen molar-refractivity contribution in [3.05, 3.63) is 29.8 Å². The number of morpholine rings is 1. The third-order valence-corrected chi connectivity index (χ3v) is 4.70. The molecule has 0 radical (unpaired) electrons. The monoisotopic (exact) mass is 295 g/mol. The molecule has 1 aliphatic heterocycles. The van der Waals surface area contributed by atoms with E-state index in [9.17, 15) is 21.6 Å². The van der Waals surface area contributed by atoms with Crippen molar-refractivity contribution in [2.24, 2.45) is 0 Å². The van der Waals surface area contributed by atoms with Crippen LogP contribution in [0.1, 0.15) is 5.56 Å². The van der Waals surface area contributed by atoms with E-state index in [1.54, 1.807) is 0 Å². The molecule has 1 saturated heterocycles. The SMILES string of the molecule is O=S(=O)(c1ccc(C(F)(F)F)cc1)N1CCOCC1. The Hall–Kier alpha value is -1.12. The van der Waals surface area contributed by atoms with E-state index in [0.29, 0.717) is 13.2 Å². The molecule has 0 aromatic heterocycles. The lowest BCUT2D eigenvalue weighted by Gasteiger charge is -2.26. The largest absolute Gasteiger partial charge is 0.416 e. The molecule has 0 N–H and O–H groups in total. The van der Waals surface area contributed by atoms with Crippen molar-refractivity contribution >= 4 is 10.0 Å². The molecule has 8 heteroatoms. The fraction of sp³-hybridized carbons (Fsp3) is 0.455. The van der Waals surface area contributed by atoms with E-state index in [1.165, 1.54) is 4.31 Å². The zero-order valence-electron chi connectivity index (χ0n) is 9.85. The van der Waals surface area contributed by atoms with Crippen LogP contribution < -0.4 is 0 Å². The Morgan fingerprint density at radius 3 is 2.05 bits per heavy atom. The van der Waals surface area contributed by atoms with Crippen molar-refractivity contribution in [2.75, 3.05) is 26.3 Å². The highest BCUT2D eigenvalue weighted by Crippen LogP contribution is 2.30. The molecule has 1 fully saturated rings. The van der Waals surface area contributed by atoms with E-state index in [1.807, 2.05) is 0 Å². The van der Waals surface area contributed by atoms with E-state index in [0.717, 1.165) is 24.3 Å². The molecule has 2 rings (SSSR count). The van der Waals surface area contributed by atoms with Gasteiger partial charge < -0.3 is 4.74 Å². The standard InChI is InChI=1S/C11H12F3NO3S/c12-11(13,14)9-1-3-10(4-2-9)19(16,17)15-5-7-18-8-6-15/h1-4H,5-8H2. The summed E-state index contributed by atoms with van der Waals surface area (Å²) in [5.74, 6) is 0. The topological polar surface area (TPSA) is 46.6 Å². The first-order chi connectivity index (χ1) is 8.82. The fourth-order valence-electron chi connectivity index (χ4n) is 1.75. The number of sulfonamides is 1. The molecule has 0 atom stereocenters. The van der Waals surface area contributed by atoms with Crippen molar-refractivity contribution in [1.82, 2.24) is 4.31 Å². The maximum absolute atomic E-state index is 12.4. The zero-order chi connectivity index (χ0) is 14.1. The van der Waals surface area contributed by atoms with Crippen molar-refractivity contribution in [1.29, 1.82) is 0 Å². The van der Waals surface area contributed by atoms with Gasteiger partial charge in [0.1, 0.15) is 0 Å². The molecule has 0 bridgehead atoms. The summed E-state index contributed by atoms with van der Waals surface area (Å²) in [5, 5.41) is 0. The van der Waals surface area contributed by atoms with Gasteiger partial charge in [0, 0.05) is 13.1 Å². The number of halogens is 3. The molecule has 0 amide bonds. The van der Waals surface area contributed by atoms with Crippen molar-refractivity contribution in [2.45, 2.75) is 11.1 Å². The number of alkyl halides is 3. The van der Waals surface area contributed by atoms with E-state index in [2.05, 4.69) is 0 Å². The third kappa shape index (κ3) is 3.07. The average Bonchev–Trinajstić information content (AvgIpc) is 2.39. The molecule has 1 aromatic rings. The normalized spacial score (nSPS) is 18.5. The molecule has 0 spiro atoms. The number of hydrogen-bond acceptors (Lipinski definition) is 3. The van der Waals surface area contributed by atoms with Crippen LogP contribution in [0.25, 0.3) is 0 Å². The number of hydrogen-bond donors (Lipinski definition) is 0. The highest BCUT2D eigenvalue weighted by Gasteiger charge is 2.31. The first-order valence-electron chi connectivity index (χ1n) is 5.57. The number of nitrogens with zero attached hydrogens (tertiary/aromatic N) is 1. The Labute approximate surface area is 108 Å². The molecular formula is C11H12F3NO3S. The lowest BCUT2D eigenvalue weighted by Crippen LogP contribution is -2.40. The first-order valence-corrected chi connectivity index (χ1v) is 7.01. The Morgan fingerprint density at radius 1 is 1.05 bits per heavy atom.